The quantitative estimate of drug-likeness (QED) is 0.412. The topological polar surface area (TPSA) is 105 Å². The summed E-state index contributed by atoms with van der Waals surface area (Å²) in [5.74, 6) is -0.756. The minimum Gasteiger partial charge on any atom is -0.496 e. The Morgan fingerprint density at radius 1 is 1.09 bits per heavy atom. The van der Waals surface area contributed by atoms with Crippen LogP contribution >= 0.6 is 11.6 Å². The Hall–Kier alpha value is -3.55. The molecular weight excluding hydrogens is 466 g/mol. The van der Waals surface area contributed by atoms with E-state index in [-0.39, 0.29) is 11.9 Å². The largest absolute Gasteiger partial charge is 0.496 e. The number of hydrogen-bond donors (Lipinski definition) is 3. The summed E-state index contributed by atoms with van der Waals surface area (Å²) in [6.07, 6.45) is 1.67. The fourth-order valence-corrected chi connectivity index (χ4v) is 4.55. The molecule has 182 valence electrons. The summed E-state index contributed by atoms with van der Waals surface area (Å²) >= 11 is 6.10. The number of piperidine rings is 1. The number of amides is 1. The van der Waals surface area contributed by atoms with E-state index in [1.807, 2.05) is 36.4 Å². The molecule has 7 nitrogen and oxygen atoms in total. The lowest BCUT2D eigenvalue weighted by atomic mass is 9.98. The maximum Gasteiger partial charge on any atom is 0.336 e. The van der Waals surface area contributed by atoms with Crippen molar-refractivity contribution in [1.29, 1.82) is 0 Å². The minimum atomic E-state index is -0.933. The summed E-state index contributed by atoms with van der Waals surface area (Å²) in [7, 11) is 1.50. The molecule has 0 aromatic heterocycles. The number of nitrogen functional groups attached to an aromatic ring is 1. The molecule has 0 unspecified atom stereocenters. The van der Waals surface area contributed by atoms with E-state index in [1.165, 1.54) is 7.11 Å². The zero-order valence-corrected chi connectivity index (χ0v) is 20.2. The molecule has 0 spiro atoms. The van der Waals surface area contributed by atoms with Crippen molar-refractivity contribution >= 4 is 29.2 Å². The third kappa shape index (κ3) is 5.75. The number of methoxy groups -OCH3 is 1. The Kier molecular flexibility index (Phi) is 7.58. The molecule has 0 aliphatic carbocycles. The van der Waals surface area contributed by atoms with Gasteiger partial charge >= 0.3 is 5.97 Å². The number of halogens is 1. The number of aromatic carboxylic acids is 1. The minimum absolute atomic E-state index is 0.0645. The van der Waals surface area contributed by atoms with Crippen molar-refractivity contribution in [1.82, 2.24) is 10.2 Å². The van der Waals surface area contributed by atoms with Crippen LogP contribution in [0.3, 0.4) is 0 Å². The van der Waals surface area contributed by atoms with Crippen LogP contribution in [0.5, 0.6) is 5.75 Å². The van der Waals surface area contributed by atoms with Crippen LogP contribution in [0.1, 0.15) is 39.1 Å². The van der Waals surface area contributed by atoms with E-state index < -0.39 is 5.97 Å². The molecule has 4 N–H and O–H groups in total. The highest BCUT2D eigenvalue weighted by Gasteiger charge is 2.23. The Morgan fingerprint density at radius 3 is 2.43 bits per heavy atom. The lowest BCUT2D eigenvalue weighted by Gasteiger charge is -2.32. The maximum atomic E-state index is 12.8. The molecule has 0 bridgehead atoms. The van der Waals surface area contributed by atoms with Gasteiger partial charge in [-0.05, 0) is 41.7 Å². The van der Waals surface area contributed by atoms with E-state index in [0.717, 1.165) is 43.6 Å². The number of nitrogens with two attached hydrogens (primary N) is 1. The first-order valence-corrected chi connectivity index (χ1v) is 11.8. The number of ether oxygens (including phenoxy) is 1. The van der Waals surface area contributed by atoms with Crippen molar-refractivity contribution in [2.24, 2.45) is 0 Å². The number of likely N-dealkylation sites (tertiary alicyclic amines) is 1. The van der Waals surface area contributed by atoms with Crippen molar-refractivity contribution in [3.8, 4) is 16.9 Å². The van der Waals surface area contributed by atoms with Gasteiger partial charge in [0.1, 0.15) is 5.75 Å². The zero-order chi connectivity index (χ0) is 24.9. The molecule has 1 fully saturated rings. The summed E-state index contributed by atoms with van der Waals surface area (Å²) in [5.41, 5.74) is 9.60. The second-order valence-corrected chi connectivity index (χ2v) is 9.05. The van der Waals surface area contributed by atoms with Crippen LogP contribution in [-0.2, 0) is 6.54 Å². The normalized spacial score (nSPS) is 14.5. The van der Waals surface area contributed by atoms with Crippen molar-refractivity contribution in [2.45, 2.75) is 25.4 Å². The van der Waals surface area contributed by atoms with Crippen molar-refractivity contribution in [3.63, 3.8) is 0 Å². The molecule has 4 rings (SSSR count). The highest BCUT2D eigenvalue weighted by atomic mass is 35.5. The molecule has 0 atom stereocenters. The van der Waals surface area contributed by atoms with Gasteiger partial charge in [-0.1, -0.05) is 54.1 Å². The van der Waals surface area contributed by atoms with Gasteiger partial charge in [0.25, 0.3) is 5.91 Å². The molecule has 0 radical (unpaired) electrons. The van der Waals surface area contributed by atoms with E-state index in [1.54, 1.807) is 24.3 Å². The SMILES string of the molecule is COc1cc(N)c(Cl)cc1C(=O)NC1CCN(Cc2ccc(-c3ccccc3C(=O)O)cc2)CC1. The number of carboxylic acid groups (broad SMARTS) is 1. The van der Waals surface area contributed by atoms with Gasteiger partial charge in [0.2, 0.25) is 0 Å². The highest BCUT2D eigenvalue weighted by Crippen LogP contribution is 2.29. The van der Waals surface area contributed by atoms with E-state index in [2.05, 4.69) is 10.2 Å². The first-order valence-electron chi connectivity index (χ1n) is 11.4. The number of benzene rings is 3. The van der Waals surface area contributed by atoms with Gasteiger partial charge in [-0.2, -0.15) is 0 Å². The molecule has 1 aliphatic heterocycles. The molecule has 0 saturated carbocycles. The predicted octanol–water partition coefficient (Wildman–Crippen LogP) is 4.69. The van der Waals surface area contributed by atoms with Crippen molar-refractivity contribution < 1.29 is 19.4 Å². The highest BCUT2D eigenvalue weighted by molar-refractivity contribution is 6.33. The number of nitrogens with one attached hydrogen (secondary N) is 1. The third-order valence-electron chi connectivity index (χ3n) is 6.31. The van der Waals surface area contributed by atoms with Crippen LogP contribution in [-0.4, -0.2) is 48.1 Å². The molecule has 3 aromatic rings. The van der Waals surface area contributed by atoms with Gasteiger partial charge in [-0.15, -0.1) is 0 Å². The monoisotopic (exact) mass is 493 g/mol. The standard InChI is InChI=1S/C27H28ClN3O4/c1-35-25-15-24(29)23(28)14-22(25)26(32)30-19-10-12-31(13-11-19)16-17-6-8-18(9-7-17)20-4-2-3-5-21(20)27(33)34/h2-9,14-15,19H,10-13,16,29H2,1H3,(H,30,32)(H,33,34). The van der Waals surface area contributed by atoms with Gasteiger partial charge in [-0.25, -0.2) is 4.79 Å². The number of anilines is 1. The second-order valence-electron chi connectivity index (χ2n) is 8.65. The summed E-state index contributed by atoms with van der Waals surface area (Å²) in [6, 6.07) is 18.2. The molecule has 3 aromatic carbocycles. The van der Waals surface area contributed by atoms with Crippen molar-refractivity contribution in [2.75, 3.05) is 25.9 Å². The van der Waals surface area contributed by atoms with Gasteiger partial charge in [0.15, 0.2) is 0 Å². The smallest absolute Gasteiger partial charge is 0.336 e. The van der Waals surface area contributed by atoms with Crippen LogP contribution in [0.15, 0.2) is 60.7 Å². The Bertz CT molecular complexity index is 1220. The molecule has 8 heteroatoms. The van der Waals surface area contributed by atoms with E-state index in [9.17, 15) is 14.7 Å². The summed E-state index contributed by atoms with van der Waals surface area (Å²) in [5, 5.41) is 12.8. The number of nitrogens with zero attached hydrogens (tertiary/aromatic N) is 1. The summed E-state index contributed by atoms with van der Waals surface area (Å²) in [4.78, 5) is 26.7. The Labute approximate surface area is 209 Å². The molecular formula is C27H28ClN3O4. The van der Waals surface area contributed by atoms with Crippen LogP contribution < -0.4 is 15.8 Å². The van der Waals surface area contributed by atoms with E-state index in [4.69, 9.17) is 22.1 Å². The Balaban J connectivity index is 1.33. The van der Waals surface area contributed by atoms with Crippen LogP contribution in [0, 0.1) is 0 Å². The number of carbonyl (C=O) groups excluding carboxylic acids is 1. The molecule has 1 amide bonds. The van der Waals surface area contributed by atoms with Crippen LogP contribution in [0.2, 0.25) is 5.02 Å². The maximum absolute atomic E-state index is 12.8. The Morgan fingerprint density at radius 2 is 1.77 bits per heavy atom. The summed E-state index contributed by atoms with van der Waals surface area (Å²) in [6.45, 7) is 2.51. The van der Waals surface area contributed by atoms with Crippen LogP contribution in [0.25, 0.3) is 11.1 Å². The zero-order valence-electron chi connectivity index (χ0n) is 19.5. The average molecular weight is 494 g/mol. The number of hydrogen-bond acceptors (Lipinski definition) is 5. The summed E-state index contributed by atoms with van der Waals surface area (Å²) < 4.78 is 5.29. The third-order valence-corrected chi connectivity index (χ3v) is 6.64. The molecule has 1 heterocycles. The van der Waals surface area contributed by atoms with E-state index in [0.29, 0.717) is 33.1 Å². The van der Waals surface area contributed by atoms with Crippen LogP contribution in [0.4, 0.5) is 5.69 Å². The number of carbonyl (C=O) groups is 2. The predicted molar refractivity (Wildman–Crippen MR) is 137 cm³/mol. The fraction of sp³-hybridized carbons (Fsp3) is 0.259. The number of rotatable bonds is 7. The van der Waals surface area contributed by atoms with Crippen molar-refractivity contribution in [3.05, 3.63) is 82.4 Å². The molecule has 1 aliphatic rings. The van der Waals surface area contributed by atoms with Gasteiger partial charge in [-0.3, -0.25) is 9.69 Å². The number of carboxylic acids is 1. The molecule has 35 heavy (non-hydrogen) atoms. The first-order chi connectivity index (χ1) is 16.9. The lowest BCUT2D eigenvalue weighted by Crippen LogP contribution is -2.44. The lowest BCUT2D eigenvalue weighted by molar-refractivity contribution is 0.0697. The van der Waals surface area contributed by atoms with E-state index >= 15 is 0 Å². The second kappa shape index (κ2) is 10.8. The first kappa shape index (κ1) is 24.6. The average Bonchev–Trinajstić information content (AvgIpc) is 2.87. The van der Waals surface area contributed by atoms with Gasteiger partial charge < -0.3 is 20.9 Å². The van der Waals surface area contributed by atoms with Gasteiger partial charge in [0.05, 0.1) is 28.9 Å². The molecule has 1 saturated heterocycles. The fourth-order valence-electron chi connectivity index (χ4n) is 4.38. The van der Waals surface area contributed by atoms with Gasteiger partial charge in [0, 0.05) is 31.7 Å².